The topological polar surface area (TPSA) is 103 Å². The third-order valence-corrected chi connectivity index (χ3v) is 10.3. The normalized spacial score (nSPS) is 25.1. The molecule has 0 saturated carbocycles. The quantitative estimate of drug-likeness (QED) is 0.393. The van der Waals surface area contributed by atoms with Gasteiger partial charge in [0.1, 0.15) is 21.8 Å². The number of sulfone groups is 1. The molecule has 36 heavy (non-hydrogen) atoms. The van der Waals surface area contributed by atoms with Gasteiger partial charge in [-0.1, -0.05) is 44.2 Å². The lowest BCUT2D eigenvalue weighted by molar-refractivity contribution is -0.123. The fourth-order valence-electron chi connectivity index (χ4n) is 5.30. The average Bonchev–Trinajstić information content (AvgIpc) is 3.31. The molecule has 11 heteroatoms. The predicted molar refractivity (Wildman–Crippen MR) is 148 cm³/mol. The first-order chi connectivity index (χ1) is 17.1. The standard InChI is InChI=1S/C25H32N4O4S3/c1-4-5-10-28-22(27-9-6-7-16(2)14-27)19(17(3)20(13-26)23(28)30)12-21-24(31)29(25(34)35-21)18-8-11-36(32,33)15-18/h12,16,18H,4-11,14-15H2,1-3H3/b21-12+. The molecule has 2 unspecified atom stereocenters. The van der Waals surface area contributed by atoms with Gasteiger partial charge in [-0.2, -0.15) is 5.26 Å². The fourth-order valence-corrected chi connectivity index (χ4v) is 8.38. The number of thioether (sulfide) groups is 1. The number of thiocarbonyl (C=S) groups is 1. The zero-order valence-electron chi connectivity index (χ0n) is 20.9. The third-order valence-electron chi connectivity index (χ3n) is 7.21. The number of aromatic nitrogens is 1. The highest BCUT2D eigenvalue weighted by atomic mass is 32.2. The van der Waals surface area contributed by atoms with Crippen molar-refractivity contribution in [3.8, 4) is 6.07 Å². The van der Waals surface area contributed by atoms with Gasteiger partial charge >= 0.3 is 0 Å². The molecule has 194 valence electrons. The molecule has 3 fully saturated rings. The Balaban J connectivity index is 1.85. The van der Waals surface area contributed by atoms with E-state index in [0.717, 1.165) is 56.4 Å². The summed E-state index contributed by atoms with van der Waals surface area (Å²) in [7, 11) is -3.18. The first kappa shape index (κ1) is 26.9. The van der Waals surface area contributed by atoms with Gasteiger partial charge in [-0.25, -0.2) is 8.42 Å². The zero-order chi connectivity index (χ0) is 26.2. The van der Waals surface area contributed by atoms with Gasteiger partial charge in [-0.05, 0) is 50.2 Å². The minimum absolute atomic E-state index is 0.0537. The van der Waals surface area contributed by atoms with Crippen LogP contribution >= 0.6 is 24.0 Å². The highest BCUT2D eigenvalue weighted by Crippen LogP contribution is 2.39. The largest absolute Gasteiger partial charge is 0.357 e. The number of nitrogens with zero attached hydrogens (tertiary/aromatic N) is 4. The first-order valence-electron chi connectivity index (χ1n) is 12.5. The van der Waals surface area contributed by atoms with Gasteiger partial charge in [0, 0.05) is 25.2 Å². The minimum atomic E-state index is -3.18. The van der Waals surface area contributed by atoms with Crippen LogP contribution in [0.2, 0.25) is 0 Å². The molecule has 3 saturated heterocycles. The molecule has 4 heterocycles. The summed E-state index contributed by atoms with van der Waals surface area (Å²) in [6.07, 6.45) is 5.94. The van der Waals surface area contributed by atoms with Crippen molar-refractivity contribution in [2.24, 2.45) is 5.92 Å². The van der Waals surface area contributed by atoms with Gasteiger partial charge in [0.2, 0.25) is 0 Å². The number of piperidine rings is 1. The highest BCUT2D eigenvalue weighted by molar-refractivity contribution is 8.26. The van der Waals surface area contributed by atoms with Crippen molar-refractivity contribution in [1.82, 2.24) is 9.47 Å². The Kier molecular flexibility index (Phi) is 7.98. The smallest absolute Gasteiger partial charge is 0.270 e. The van der Waals surface area contributed by atoms with Gasteiger partial charge in [0.25, 0.3) is 11.5 Å². The van der Waals surface area contributed by atoms with E-state index in [2.05, 4.69) is 24.8 Å². The molecular weight excluding hydrogens is 517 g/mol. The Hall–Kier alpha value is -2.16. The van der Waals surface area contributed by atoms with E-state index in [1.54, 1.807) is 17.6 Å². The number of amides is 1. The van der Waals surface area contributed by atoms with E-state index in [0.29, 0.717) is 39.2 Å². The Bertz CT molecular complexity index is 1330. The van der Waals surface area contributed by atoms with Crippen LogP contribution in [0.1, 0.15) is 62.6 Å². The Labute approximate surface area is 222 Å². The first-order valence-corrected chi connectivity index (χ1v) is 15.5. The van der Waals surface area contributed by atoms with Crippen molar-refractivity contribution in [1.29, 1.82) is 5.26 Å². The predicted octanol–water partition coefficient (Wildman–Crippen LogP) is 3.45. The van der Waals surface area contributed by atoms with E-state index in [1.165, 1.54) is 4.90 Å². The van der Waals surface area contributed by atoms with Crippen molar-refractivity contribution in [2.45, 2.75) is 65.5 Å². The van der Waals surface area contributed by atoms with Crippen molar-refractivity contribution in [3.05, 3.63) is 31.9 Å². The van der Waals surface area contributed by atoms with E-state index >= 15 is 0 Å². The number of unbranched alkanes of at least 4 members (excludes halogenated alkanes) is 1. The molecule has 0 bridgehead atoms. The van der Waals surface area contributed by atoms with Crippen molar-refractivity contribution < 1.29 is 13.2 Å². The number of rotatable bonds is 6. The lowest BCUT2D eigenvalue weighted by Crippen LogP contribution is -2.40. The SMILES string of the molecule is CCCCn1c(N2CCCC(C)C2)c(/C=C2/SC(=S)N(C3CCS(=O)(=O)C3)C2=O)c(C)c(C#N)c1=O. The number of carbonyl (C=O) groups is 1. The van der Waals surface area contributed by atoms with E-state index in [-0.39, 0.29) is 28.5 Å². The summed E-state index contributed by atoms with van der Waals surface area (Å²) in [4.78, 5) is 30.9. The third kappa shape index (κ3) is 5.13. The summed E-state index contributed by atoms with van der Waals surface area (Å²) in [6, 6.07) is 1.64. The molecule has 0 aliphatic carbocycles. The summed E-state index contributed by atoms with van der Waals surface area (Å²) < 4.78 is 26.1. The molecule has 3 aliphatic rings. The van der Waals surface area contributed by atoms with E-state index in [9.17, 15) is 23.3 Å². The second kappa shape index (κ2) is 10.7. The minimum Gasteiger partial charge on any atom is -0.357 e. The van der Waals surface area contributed by atoms with E-state index in [1.807, 2.05) is 0 Å². The molecule has 3 aliphatic heterocycles. The lowest BCUT2D eigenvalue weighted by atomic mass is 9.97. The maximum absolute atomic E-state index is 13.5. The van der Waals surface area contributed by atoms with Crippen LogP contribution in [0.4, 0.5) is 5.82 Å². The number of hydrogen-bond donors (Lipinski definition) is 0. The Morgan fingerprint density at radius 1 is 1.28 bits per heavy atom. The molecule has 4 rings (SSSR count). The average molecular weight is 549 g/mol. The summed E-state index contributed by atoms with van der Waals surface area (Å²) in [6.45, 7) is 8.09. The summed E-state index contributed by atoms with van der Waals surface area (Å²) in [5.41, 5.74) is 1.04. The number of nitriles is 1. The summed E-state index contributed by atoms with van der Waals surface area (Å²) >= 11 is 6.65. The van der Waals surface area contributed by atoms with E-state index in [4.69, 9.17) is 12.2 Å². The lowest BCUT2D eigenvalue weighted by Gasteiger charge is -2.36. The van der Waals surface area contributed by atoms with Crippen LogP contribution in [0.25, 0.3) is 6.08 Å². The van der Waals surface area contributed by atoms with Crippen LogP contribution in [0, 0.1) is 24.2 Å². The number of carbonyl (C=O) groups excluding carboxylic acids is 1. The fraction of sp³-hybridized carbons (Fsp3) is 0.600. The number of pyridine rings is 1. The van der Waals surface area contributed by atoms with Crippen LogP contribution in [0.15, 0.2) is 9.70 Å². The van der Waals surface area contributed by atoms with Gasteiger partial charge in [-0.15, -0.1) is 0 Å². The van der Waals surface area contributed by atoms with Crippen LogP contribution in [-0.2, 0) is 21.2 Å². The highest BCUT2D eigenvalue weighted by Gasteiger charge is 2.42. The van der Waals surface area contributed by atoms with Crippen molar-refractivity contribution >= 4 is 55.9 Å². The molecule has 1 aromatic rings. The molecular formula is C25H32N4O4S3. The van der Waals surface area contributed by atoms with Gasteiger partial charge in [-0.3, -0.25) is 19.1 Å². The van der Waals surface area contributed by atoms with Crippen LogP contribution in [0.3, 0.4) is 0 Å². The monoisotopic (exact) mass is 548 g/mol. The molecule has 0 aromatic carbocycles. The van der Waals surface area contributed by atoms with Crippen LogP contribution in [0.5, 0.6) is 0 Å². The Morgan fingerprint density at radius 2 is 2.03 bits per heavy atom. The maximum Gasteiger partial charge on any atom is 0.270 e. The number of hydrogen-bond acceptors (Lipinski definition) is 8. The maximum atomic E-state index is 13.5. The van der Waals surface area contributed by atoms with Gasteiger partial charge in [0.05, 0.1) is 22.5 Å². The molecule has 0 spiro atoms. The summed E-state index contributed by atoms with van der Waals surface area (Å²) in [5.74, 6) is 0.876. The van der Waals surface area contributed by atoms with Gasteiger partial charge < -0.3 is 4.90 Å². The Morgan fingerprint density at radius 3 is 2.64 bits per heavy atom. The molecule has 0 radical (unpaired) electrons. The van der Waals surface area contributed by atoms with Crippen LogP contribution < -0.4 is 10.5 Å². The number of anilines is 1. The van der Waals surface area contributed by atoms with Crippen LogP contribution in [-0.4, -0.2) is 58.7 Å². The molecule has 8 nitrogen and oxygen atoms in total. The second-order valence-electron chi connectivity index (χ2n) is 9.96. The molecule has 1 amide bonds. The molecule has 2 atom stereocenters. The van der Waals surface area contributed by atoms with Crippen molar-refractivity contribution in [3.63, 3.8) is 0 Å². The zero-order valence-corrected chi connectivity index (χ0v) is 23.4. The second-order valence-corrected chi connectivity index (χ2v) is 13.9. The van der Waals surface area contributed by atoms with Gasteiger partial charge in [0.15, 0.2) is 9.84 Å². The molecule has 0 N–H and O–H groups in total. The van der Waals surface area contributed by atoms with E-state index < -0.39 is 15.9 Å². The summed E-state index contributed by atoms with van der Waals surface area (Å²) in [5, 5.41) is 9.85. The molecule has 1 aromatic heterocycles. The van der Waals surface area contributed by atoms with Crippen molar-refractivity contribution in [2.75, 3.05) is 29.5 Å².